The van der Waals surface area contributed by atoms with E-state index in [4.69, 9.17) is 19.4 Å². The van der Waals surface area contributed by atoms with Crippen molar-refractivity contribution in [2.24, 2.45) is 0 Å². The molecule has 7 heteroatoms. The smallest absolute Gasteiger partial charge is 0.240 e. The number of furan rings is 1. The van der Waals surface area contributed by atoms with Crippen molar-refractivity contribution < 1.29 is 4.42 Å². The first kappa shape index (κ1) is 31.4. The highest BCUT2D eigenvalue weighted by Crippen LogP contribution is 2.42. The molecule has 0 bridgehead atoms. The van der Waals surface area contributed by atoms with Gasteiger partial charge in [-0.2, -0.15) is 15.0 Å². The van der Waals surface area contributed by atoms with E-state index >= 15 is 0 Å². The van der Waals surface area contributed by atoms with Crippen LogP contribution in [0.3, 0.4) is 0 Å². The fourth-order valence-electron chi connectivity index (χ4n) is 9.56. The number of rotatable bonds is 4. The number of hydrogen-bond donors (Lipinski definition) is 0. The summed E-state index contributed by atoms with van der Waals surface area (Å²) in [6.45, 7) is 0. The van der Waals surface area contributed by atoms with Gasteiger partial charge in [-0.25, -0.2) is 0 Å². The lowest BCUT2D eigenvalue weighted by molar-refractivity contribution is 0.596. The van der Waals surface area contributed by atoms with E-state index in [0.29, 0.717) is 17.7 Å². The third-order valence-electron chi connectivity index (χ3n) is 12.0. The Hall–Kier alpha value is -7.77. The molecule has 0 spiro atoms. The summed E-state index contributed by atoms with van der Waals surface area (Å²) in [5, 5.41) is 8.16. The van der Waals surface area contributed by atoms with Crippen molar-refractivity contribution in [3.05, 3.63) is 181 Å². The summed E-state index contributed by atoms with van der Waals surface area (Å²) in [6.07, 6.45) is 3.75. The van der Waals surface area contributed by atoms with Gasteiger partial charge in [0.2, 0.25) is 11.9 Å². The van der Waals surface area contributed by atoms with E-state index < -0.39 is 0 Å². The normalized spacial score (nSPS) is 13.1. The molecule has 0 amide bonds. The van der Waals surface area contributed by atoms with Crippen molar-refractivity contribution in [2.75, 3.05) is 0 Å². The summed E-state index contributed by atoms with van der Waals surface area (Å²) < 4.78 is 13.3. The van der Waals surface area contributed by atoms with E-state index in [1.165, 1.54) is 27.2 Å². The Bertz CT molecular complexity index is 3640. The maximum Gasteiger partial charge on any atom is 0.240 e. The largest absolute Gasteiger partial charge is 0.456 e. The summed E-state index contributed by atoms with van der Waals surface area (Å²) in [5.74, 6) is 2.64. The maximum absolute atomic E-state index is 6.43. The summed E-state index contributed by atoms with van der Waals surface area (Å²) in [6, 6.07) is 57.8. The lowest BCUT2D eigenvalue weighted by Crippen LogP contribution is -2.12. The average molecular weight is 745 g/mol. The van der Waals surface area contributed by atoms with E-state index in [9.17, 15) is 0 Å². The predicted molar refractivity (Wildman–Crippen MR) is 235 cm³/mol. The molecule has 7 nitrogen and oxygen atoms in total. The van der Waals surface area contributed by atoms with Crippen molar-refractivity contribution in [1.82, 2.24) is 28.7 Å². The van der Waals surface area contributed by atoms with Gasteiger partial charge in [-0.1, -0.05) is 115 Å². The van der Waals surface area contributed by atoms with Crippen molar-refractivity contribution in [3.8, 4) is 17.6 Å². The Morgan fingerprint density at radius 2 is 0.948 bits per heavy atom. The average Bonchev–Trinajstić information content (AvgIpc) is 4.02. The number of benzene rings is 7. The van der Waals surface area contributed by atoms with Crippen molar-refractivity contribution in [3.63, 3.8) is 0 Å². The van der Waals surface area contributed by atoms with Gasteiger partial charge in [0.15, 0.2) is 5.82 Å². The van der Waals surface area contributed by atoms with Crippen LogP contribution in [0, 0.1) is 0 Å². The maximum atomic E-state index is 6.43. The van der Waals surface area contributed by atoms with Gasteiger partial charge in [0.25, 0.3) is 0 Å². The molecule has 0 fully saturated rings. The molecule has 0 atom stereocenters. The second-order valence-electron chi connectivity index (χ2n) is 15.1. The van der Waals surface area contributed by atoms with Gasteiger partial charge < -0.3 is 8.98 Å². The minimum atomic E-state index is 0.561. The van der Waals surface area contributed by atoms with Gasteiger partial charge >= 0.3 is 0 Å². The Kier molecular flexibility index (Phi) is 6.43. The van der Waals surface area contributed by atoms with Crippen LogP contribution < -0.4 is 0 Å². The Labute approximate surface area is 331 Å². The Morgan fingerprint density at radius 3 is 1.64 bits per heavy atom. The summed E-state index contributed by atoms with van der Waals surface area (Å²) in [7, 11) is 0. The molecule has 5 aromatic heterocycles. The molecule has 272 valence electrons. The first-order chi connectivity index (χ1) is 28.8. The zero-order chi connectivity index (χ0) is 37.9. The summed E-state index contributed by atoms with van der Waals surface area (Å²) in [4.78, 5) is 16.2. The highest BCUT2D eigenvalue weighted by Gasteiger charge is 2.26. The predicted octanol–water partition coefficient (Wildman–Crippen LogP) is 12.4. The second-order valence-corrected chi connectivity index (χ2v) is 15.1. The van der Waals surface area contributed by atoms with Crippen molar-refractivity contribution >= 4 is 88.0 Å². The van der Waals surface area contributed by atoms with E-state index in [1.807, 2.05) is 12.1 Å². The minimum absolute atomic E-state index is 0.561. The third kappa shape index (κ3) is 4.35. The lowest BCUT2D eigenvalue weighted by atomic mass is 9.95. The number of allylic oxidation sites excluding steroid dienone is 1. The molecule has 0 saturated heterocycles. The summed E-state index contributed by atoms with van der Waals surface area (Å²) >= 11 is 0. The summed E-state index contributed by atoms with van der Waals surface area (Å²) in [5.41, 5.74) is 10.7. The van der Waals surface area contributed by atoms with E-state index in [-0.39, 0.29) is 0 Å². The molecule has 13 rings (SSSR count). The number of aryl methyl sites for hydroxylation is 1. The topological polar surface area (TPSA) is 66.6 Å². The van der Waals surface area contributed by atoms with Crippen LogP contribution in [-0.4, -0.2) is 28.7 Å². The molecule has 0 N–H and O–H groups in total. The van der Waals surface area contributed by atoms with Crippen LogP contribution in [-0.2, 0) is 6.42 Å². The highest BCUT2D eigenvalue weighted by molar-refractivity contribution is 6.26. The molecule has 0 radical (unpaired) electrons. The van der Waals surface area contributed by atoms with Gasteiger partial charge in [0, 0.05) is 54.5 Å². The van der Waals surface area contributed by atoms with E-state index in [2.05, 4.69) is 171 Å². The Balaban J connectivity index is 1.14. The number of fused-ring (bicyclic) bond motifs is 13. The monoisotopic (exact) mass is 744 g/mol. The quantitative estimate of drug-likeness (QED) is 0.180. The van der Waals surface area contributed by atoms with Gasteiger partial charge in [-0.15, -0.1) is 0 Å². The number of nitrogens with zero attached hydrogens (tertiary/aromatic N) is 6. The highest BCUT2D eigenvalue weighted by atomic mass is 16.3. The molecule has 1 aliphatic rings. The zero-order valence-electron chi connectivity index (χ0n) is 31.2. The zero-order valence-corrected chi connectivity index (χ0v) is 31.2. The molecule has 5 heterocycles. The molecular formula is C51H32N6O. The molecule has 58 heavy (non-hydrogen) atoms. The lowest BCUT2D eigenvalue weighted by Gasteiger charge is -2.16. The molecule has 7 aromatic carbocycles. The number of para-hydroxylation sites is 6. The van der Waals surface area contributed by atoms with Gasteiger partial charge in [0.1, 0.15) is 11.3 Å². The molecule has 0 aliphatic heterocycles. The number of hydrogen-bond acceptors (Lipinski definition) is 4. The molecule has 0 unspecified atom stereocenters. The van der Waals surface area contributed by atoms with Gasteiger partial charge in [-0.05, 0) is 67.4 Å². The molecular weight excluding hydrogens is 713 g/mol. The second kappa shape index (κ2) is 11.9. The first-order valence-corrected chi connectivity index (χ1v) is 19.8. The van der Waals surface area contributed by atoms with Crippen LogP contribution in [0.4, 0.5) is 0 Å². The van der Waals surface area contributed by atoms with E-state index in [0.717, 1.165) is 84.6 Å². The van der Waals surface area contributed by atoms with Gasteiger partial charge in [-0.3, -0.25) is 9.13 Å². The Morgan fingerprint density at radius 1 is 0.414 bits per heavy atom. The van der Waals surface area contributed by atoms with Crippen LogP contribution in [0.2, 0.25) is 0 Å². The third-order valence-corrected chi connectivity index (χ3v) is 12.0. The number of aromatic nitrogens is 6. The van der Waals surface area contributed by atoms with Crippen LogP contribution in [0.1, 0.15) is 23.6 Å². The van der Waals surface area contributed by atoms with Crippen molar-refractivity contribution in [1.29, 1.82) is 0 Å². The molecule has 1 aliphatic carbocycles. The fourth-order valence-corrected chi connectivity index (χ4v) is 9.56. The van der Waals surface area contributed by atoms with Crippen LogP contribution in [0.25, 0.3) is 106 Å². The molecule has 12 aromatic rings. The van der Waals surface area contributed by atoms with Crippen LogP contribution in [0.5, 0.6) is 0 Å². The van der Waals surface area contributed by atoms with E-state index in [1.54, 1.807) is 0 Å². The standard InChI is InChI=1S/C51H32N6O/c1-2-14-32(15-3-1)55-40-21-9-6-18-35(40)38-28-29-44-47(48(38)55)39-20-7-12-24-43(39)57(44)51-53-49(31-26-27-37-36-19-8-13-25-45(36)58-46(37)30-31)52-50(54-51)56-41-22-10-4-16-33(41)34-17-5-11-23-42(34)56/h1-25,28-30H,26-27H2. The van der Waals surface area contributed by atoms with Crippen LogP contribution in [0.15, 0.2) is 168 Å². The minimum Gasteiger partial charge on any atom is -0.456 e. The fraction of sp³-hybridized carbons (Fsp3) is 0.0392. The molecule has 0 saturated carbocycles. The van der Waals surface area contributed by atoms with Crippen molar-refractivity contribution in [2.45, 2.75) is 12.8 Å². The SMILES string of the molecule is C1=C(c2nc(-n3c4ccccc4c4ccccc43)nc(-n3c4ccccc4c4c3ccc3c5ccccc5n(-c5ccccc5)c34)n2)CCc2c1oc1ccccc21. The van der Waals surface area contributed by atoms with Crippen LogP contribution >= 0.6 is 0 Å². The van der Waals surface area contributed by atoms with Gasteiger partial charge in [0.05, 0.1) is 33.1 Å². The first-order valence-electron chi connectivity index (χ1n) is 19.8.